The molecule has 20 heavy (non-hydrogen) atoms. The fourth-order valence-electron chi connectivity index (χ4n) is 1.97. The van der Waals surface area contributed by atoms with Crippen LogP contribution in [0, 0.1) is 0 Å². The van der Waals surface area contributed by atoms with E-state index in [1.807, 2.05) is 0 Å². The first-order chi connectivity index (χ1) is 9.60. The maximum Gasteiger partial charge on any atom is 0.328 e. The predicted octanol–water partition coefficient (Wildman–Crippen LogP) is 1.62. The average molecular weight is 276 g/mol. The number of carbonyl (C=O) groups is 2. The van der Waals surface area contributed by atoms with E-state index < -0.39 is 6.03 Å². The summed E-state index contributed by atoms with van der Waals surface area (Å²) in [5.41, 5.74) is 0.886. The van der Waals surface area contributed by atoms with E-state index >= 15 is 0 Å². The zero-order valence-electron chi connectivity index (χ0n) is 11.6. The SMILES string of the molecule is CCN1C(=O)N/C(=C/c2cc(OC)ccc2OC)C1=O. The number of rotatable bonds is 4. The number of nitrogens with zero attached hydrogens (tertiary/aromatic N) is 1. The van der Waals surface area contributed by atoms with Gasteiger partial charge in [-0.3, -0.25) is 9.69 Å². The Morgan fingerprint density at radius 2 is 2.00 bits per heavy atom. The number of likely N-dealkylation sites (N-methyl/N-ethyl adjacent to an activating group) is 1. The molecule has 1 fully saturated rings. The topological polar surface area (TPSA) is 67.9 Å². The minimum atomic E-state index is -0.411. The van der Waals surface area contributed by atoms with Crippen LogP contribution in [-0.4, -0.2) is 37.6 Å². The standard InChI is InChI=1S/C14H16N2O4/c1-4-16-13(17)11(15-14(16)18)8-9-7-10(19-2)5-6-12(9)20-3/h5-8H,4H2,1-3H3,(H,15,18)/b11-8+. The van der Waals surface area contributed by atoms with Crippen molar-refractivity contribution in [2.75, 3.05) is 20.8 Å². The highest BCUT2D eigenvalue weighted by Gasteiger charge is 2.32. The smallest absolute Gasteiger partial charge is 0.328 e. The van der Waals surface area contributed by atoms with Gasteiger partial charge in [0.05, 0.1) is 14.2 Å². The summed E-state index contributed by atoms with van der Waals surface area (Å²) in [6.45, 7) is 2.07. The van der Waals surface area contributed by atoms with E-state index in [-0.39, 0.29) is 11.6 Å². The van der Waals surface area contributed by atoms with Gasteiger partial charge >= 0.3 is 6.03 Å². The third-order valence-corrected chi connectivity index (χ3v) is 3.02. The molecule has 106 valence electrons. The quantitative estimate of drug-likeness (QED) is 0.670. The van der Waals surface area contributed by atoms with Gasteiger partial charge in [0.1, 0.15) is 17.2 Å². The molecule has 1 aromatic rings. The van der Waals surface area contributed by atoms with Crippen LogP contribution in [0.2, 0.25) is 0 Å². The van der Waals surface area contributed by atoms with Crippen LogP contribution in [0.4, 0.5) is 4.79 Å². The molecule has 0 aliphatic carbocycles. The summed E-state index contributed by atoms with van der Waals surface area (Å²) >= 11 is 0. The first-order valence-electron chi connectivity index (χ1n) is 6.17. The van der Waals surface area contributed by atoms with Gasteiger partial charge in [0.25, 0.3) is 5.91 Å². The molecule has 0 unspecified atom stereocenters. The van der Waals surface area contributed by atoms with Crippen LogP contribution in [0.15, 0.2) is 23.9 Å². The molecular formula is C14H16N2O4. The van der Waals surface area contributed by atoms with Gasteiger partial charge in [-0.05, 0) is 31.2 Å². The Morgan fingerprint density at radius 1 is 1.25 bits per heavy atom. The van der Waals surface area contributed by atoms with E-state index in [1.165, 1.54) is 7.11 Å². The fourth-order valence-corrected chi connectivity index (χ4v) is 1.97. The van der Waals surface area contributed by atoms with Crippen molar-refractivity contribution in [3.63, 3.8) is 0 Å². The molecule has 0 spiro atoms. The molecule has 6 nitrogen and oxygen atoms in total. The minimum absolute atomic E-state index is 0.225. The molecule has 1 aliphatic heterocycles. The van der Waals surface area contributed by atoms with E-state index in [9.17, 15) is 9.59 Å². The maximum atomic E-state index is 12.0. The highest BCUT2D eigenvalue weighted by Crippen LogP contribution is 2.26. The summed E-state index contributed by atoms with van der Waals surface area (Å²) in [7, 11) is 3.09. The van der Waals surface area contributed by atoms with Gasteiger partial charge in [0.2, 0.25) is 0 Å². The lowest BCUT2D eigenvalue weighted by atomic mass is 10.1. The molecular weight excluding hydrogens is 260 g/mol. The Labute approximate surface area is 117 Å². The number of hydrogen-bond acceptors (Lipinski definition) is 4. The van der Waals surface area contributed by atoms with Crippen molar-refractivity contribution in [1.82, 2.24) is 10.2 Å². The molecule has 0 radical (unpaired) electrons. The summed E-state index contributed by atoms with van der Waals surface area (Å²) in [5, 5.41) is 2.54. The van der Waals surface area contributed by atoms with Crippen molar-refractivity contribution in [2.24, 2.45) is 0 Å². The molecule has 0 bridgehead atoms. The zero-order chi connectivity index (χ0) is 14.7. The Balaban J connectivity index is 2.40. The van der Waals surface area contributed by atoms with Crippen LogP contribution in [0.5, 0.6) is 11.5 Å². The maximum absolute atomic E-state index is 12.0. The van der Waals surface area contributed by atoms with E-state index in [4.69, 9.17) is 9.47 Å². The van der Waals surface area contributed by atoms with Crippen LogP contribution in [0.25, 0.3) is 6.08 Å². The number of imide groups is 1. The third kappa shape index (κ3) is 2.45. The van der Waals surface area contributed by atoms with Crippen molar-refractivity contribution in [3.05, 3.63) is 29.5 Å². The second-order valence-corrected chi connectivity index (χ2v) is 4.15. The van der Waals surface area contributed by atoms with Crippen molar-refractivity contribution in [2.45, 2.75) is 6.92 Å². The molecule has 1 aromatic carbocycles. The lowest BCUT2D eigenvalue weighted by molar-refractivity contribution is -0.122. The lowest BCUT2D eigenvalue weighted by Crippen LogP contribution is -2.30. The Hall–Kier alpha value is -2.50. The number of ether oxygens (including phenoxy) is 2. The molecule has 1 heterocycles. The first kappa shape index (κ1) is 13.9. The normalized spacial score (nSPS) is 16.6. The van der Waals surface area contributed by atoms with Crippen LogP contribution >= 0.6 is 0 Å². The molecule has 3 amide bonds. The predicted molar refractivity (Wildman–Crippen MR) is 73.4 cm³/mol. The van der Waals surface area contributed by atoms with Crippen molar-refractivity contribution in [3.8, 4) is 11.5 Å². The molecule has 0 atom stereocenters. The Kier molecular flexibility index (Phi) is 3.93. The van der Waals surface area contributed by atoms with Gasteiger partial charge in [0, 0.05) is 12.1 Å². The van der Waals surface area contributed by atoms with E-state index in [0.717, 1.165) is 4.90 Å². The number of benzene rings is 1. The highest BCUT2D eigenvalue weighted by atomic mass is 16.5. The Bertz CT molecular complexity index is 581. The number of amides is 3. The van der Waals surface area contributed by atoms with Crippen molar-refractivity contribution < 1.29 is 19.1 Å². The molecule has 6 heteroatoms. The summed E-state index contributed by atoms with van der Waals surface area (Å²) < 4.78 is 10.4. The summed E-state index contributed by atoms with van der Waals surface area (Å²) in [6, 6.07) is 4.82. The molecule has 1 N–H and O–H groups in total. The second kappa shape index (κ2) is 5.64. The number of urea groups is 1. The van der Waals surface area contributed by atoms with Gasteiger partial charge < -0.3 is 14.8 Å². The fraction of sp³-hybridized carbons (Fsp3) is 0.286. The van der Waals surface area contributed by atoms with Crippen LogP contribution in [0.3, 0.4) is 0 Å². The van der Waals surface area contributed by atoms with Gasteiger partial charge in [0.15, 0.2) is 0 Å². The van der Waals surface area contributed by atoms with Crippen molar-refractivity contribution in [1.29, 1.82) is 0 Å². The van der Waals surface area contributed by atoms with Gasteiger partial charge in [-0.1, -0.05) is 0 Å². The highest BCUT2D eigenvalue weighted by molar-refractivity contribution is 6.14. The van der Waals surface area contributed by atoms with Gasteiger partial charge in [-0.25, -0.2) is 4.79 Å². The monoisotopic (exact) mass is 276 g/mol. The largest absolute Gasteiger partial charge is 0.497 e. The molecule has 2 rings (SSSR count). The molecule has 1 aliphatic rings. The molecule has 0 saturated carbocycles. The van der Waals surface area contributed by atoms with Crippen LogP contribution in [-0.2, 0) is 4.79 Å². The van der Waals surface area contributed by atoms with Gasteiger partial charge in [-0.2, -0.15) is 0 Å². The summed E-state index contributed by atoms with van der Waals surface area (Å²) in [6.07, 6.45) is 1.58. The zero-order valence-corrected chi connectivity index (χ0v) is 11.6. The summed E-state index contributed by atoms with van der Waals surface area (Å²) in [5.74, 6) is 0.888. The average Bonchev–Trinajstić information content (AvgIpc) is 2.72. The van der Waals surface area contributed by atoms with Crippen molar-refractivity contribution >= 4 is 18.0 Å². The van der Waals surface area contributed by atoms with E-state index in [2.05, 4.69) is 5.32 Å². The van der Waals surface area contributed by atoms with Gasteiger partial charge in [-0.15, -0.1) is 0 Å². The first-order valence-corrected chi connectivity index (χ1v) is 6.17. The lowest BCUT2D eigenvalue weighted by Gasteiger charge is -2.08. The molecule has 0 aromatic heterocycles. The number of methoxy groups -OCH3 is 2. The number of nitrogens with one attached hydrogen (secondary N) is 1. The summed E-state index contributed by atoms with van der Waals surface area (Å²) in [4.78, 5) is 24.7. The molecule has 1 saturated heterocycles. The third-order valence-electron chi connectivity index (χ3n) is 3.02. The van der Waals surface area contributed by atoms with E-state index in [0.29, 0.717) is 23.6 Å². The Morgan fingerprint density at radius 3 is 2.55 bits per heavy atom. The van der Waals surface area contributed by atoms with Crippen LogP contribution in [0.1, 0.15) is 12.5 Å². The van der Waals surface area contributed by atoms with E-state index in [1.54, 1.807) is 38.3 Å². The van der Waals surface area contributed by atoms with Crippen LogP contribution < -0.4 is 14.8 Å². The second-order valence-electron chi connectivity index (χ2n) is 4.15. The number of hydrogen-bond donors (Lipinski definition) is 1. The number of carbonyl (C=O) groups excluding carboxylic acids is 2. The minimum Gasteiger partial charge on any atom is -0.497 e.